The van der Waals surface area contributed by atoms with Gasteiger partial charge in [-0.3, -0.25) is 4.79 Å². The second-order valence-electron chi connectivity index (χ2n) is 5.16. The van der Waals surface area contributed by atoms with E-state index in [9.17, 15) is 4.79 Å². The van der Waals surface area contributed by atoms with Crippen LogP contribution in [0.1, 0.15) is 50.2 Å². The molecule has 0 aromatic heterocycles. The Morgan fingerprint density at radius 2 is 1.73 bits per heavy atom. The van der Waals surface area contributed by atoms with Crippen molar-refractivity contribution in [3.05, 3.63) is 12.2 Å². The van der Waals surface area contributed by atoms with Crippen molar-refractivity contribution in [2.45, 2.75) is 51.7 Å². The summed E-state index contributed by atoms with van der Waals surface area (Å²) in [7, 11) is 0. The van der Waals surface area contributed by atoms with E-state index in [1.807, 2.05) is 26.0 Å². The quantitative estimate of drug-likeness (QED) is 0.343. The van der Waals surface area contributed by atoms with Crippen LogP contribution in [-0.4, -0.2) is 44.5 Å². The molecule has 0 heterocycles. The second-order valence-corrected chi connectivity index (χ2v) is 5.16. The van der Waals surface area contributed by atoms with E-state index in [-0.39, 0.29) is 10.2 Å². The van der Waals surface area contributed by atoms with Crippen LogP contribution in [0.3, 0.4) is 0 Å². The van der Waals surface area contributed by atoms with Crippen molar-refractivity contribution >= 4 is 5.91 Å². The lowest BCUT2D eigenvalue weighted by molar-refractivity contribution is -0.230. The third-order valence-corrected chi connectivity index (χ3v) is 3.34. The minimum Gasteiger partial charge on any atom is -0.354 e. The van der Waals surface area contributed by atoms with Crippen LogP contribution in [0.4, 0.5) is 0 Å². The first-order valence-corrected chi connectivity index (χ1v) is 8.16. The molecule has 1 amide bonds. The van der Waals surface area contributed by atoms with Crippen LogP contribution in [-0.2, 0) is 14.3 Å². The molecule has 1 saturated carbocycles. The number of allylic oxidation sites excluding steroid dienone is 2. The summed E-state index contributed by atoms with van der Waals surface area (Å²) in [6, 6.07) is 0. The molecule has 5 N–H and O–H groups in total. The summed E-state index contributed by atoms with van der Waals surface area (Å²) in [5, 5.41) is 2.76. The largest absolute Gasteiger partial charge is 0.354 e. The van der Waals surface area contributed by atoms with Gasteiger partial charge < -0.3 is 26.3 Å². The Hall–Kier alpha value is -0.950. The van der Waals surface area contributed by atoms with E-state index in [0.29, 0.717) is 39.3 Å². The monoisotopic (exact) mass is 321 g/mol. The summed E-state index contributed by atoms with van der Waals surface area (Å²) in [5.41, 5.74) is 10.7. The fourth-order valence-electron chi connectivity index (χ4n) is 2.14. The maximum atomic E-state index is 11.2. The van der Waals surface area contributed by atoms with Crippen molar-refractivity contribution in [2.24, 2.45) is 11.5 Å². The van der Waals surface area contributed by atoms with Crippen LogP contribution in [0.2, 0.25) is 0 Å². The number of hydrogen-bond donors (Lipinski definition) is 3. The van der Waals surface area contributed by atoms with Crippen molar-refractivity contribution in [3.63, 3.8) is 0 Å². The molecule has 0 radical (unpaired) electrons. The van der Waals surface area contributed by atoms with E-state index in [0.717, 1.165) is 25.7 Å². The lowest BCUT2D eigenvalue weighted by Crippen LogP contribution is -2.38. The SMILES string of the molecule is CC=CC.NCCOC1(OCCNC(=O)CCN)CCCC1.[HH].[HH].[HH]. The van der Waals surface area contributed by atoms with Crippen molar-refractivity contribution in [2.75, 3.05) is 32.8 Å². The van der Waals surface area contributed by atoms with Gasteiger partial charge in [0.2, 0.25) is 5.91 Å². The second kappa shape index (κ2) is 13.7. The maximum Gasteiger partial charge on any atom is 0.221 e. The highest BCUT2D eigenvalue weighted by molar-refractivity contribution is 5.75. The highest BCUT2D eigenvalue weighted by Crippen LogP contribution is 2.34. The number of nitrogens with two attached hydrogens (primary N) is 2. The van der Waals surface area contributed by atoms with Crippen LogP contribution in [0.25, 0.3) is 0 Å². The Balaban J connectivity index is -0.000000285. The summed E-state index contributed by atoms with van der Waals surface area (Å²) in [6.07, 6.45) is 8.40. The predicted octanol–water partition coefficient (Wildman–Crippen LogP) is 2.03. The van der Waals surface area contributed by atoms with E-state index in [2.05, 4.69) is 5.32 Å². The molecular formula is C16H39N3O3. The van der Waals surface area contributed by atoms with Gasteiger partial charge in [0.15, 0.2) is 5.79 Å². The van der Waals surface area contributed by atoms with Gasteiger partial charge in [0, 0.05) is 43.2 Å². The molecule has 6 nitrogen and oxygen atoms in total. The third kappa shape index (κ3) is 9.89. The molecule has 0 aromatic carbocycles. The maximum absolute atomic E-state index is 11.2. The molecule has 0 atom stereocenters. The molecule has 0 unspecified atom stereocenters. The zero-order chi connectivity index (χ0) is 16.7. The molecule has 22 heavy (non-hydrogen) atoms. The van der Waals surface area contributed by atoms with Crippen LogP contribution >= 0.6 is 0 Å². The Morgan fingerprint density at radius 3 is 2.23 bits per heavy atom. The molecule has 136 valence electrons. The Kier molecular flexibility index (Phi) is 13.1. The van der Waals surface area contributed by atoms with Gasteiger partial charge in [0.1, 0.15) is 0 Å². The lowest BCUT2D eigenvalue weighted by atomic mass is 10.2. The molecule has 1 fully saturated rings. The molecule has 0 bridgehead atoms. The van der Waals surface area contributed by atoms with Gasteiger partial charge in [0.25, 0.3) is 0 Å². The average molecular weight is 322 g/mol. The van der Waals surface area contributed by atoms with Crippen LogP contribution < -0.4 is 16.8 Å². The van der Waals surface area contributed by atoms with Gasteiger partial charge in [-0.2, -0.15) is 0 Å². The van der Waals surface area contributed by atoms with Gasteiger partial charge in [-0.25, -0.2) is 0 Å². The Bertz CT molecular complexity index is 312. The molecule has 6 heteroatoms. The molecule has 0 saturated heterocycles. The number of hydrogen-bond acceptors (Lipinski definition) is 5. The first-order chi connectivity index (χ1) is 10.6. The molecule has 1 aliphatic rings. The van der Waals surface area contributed by atoms with E-state index < -0.39 is 5.79 Å². The number of carbonyl (C=O) groups excluding carboxylic acids is 1. The summed E-state index contributed by atoms with van der Waals surface area (Å²) < 4.78 is 11.5. The molecule has 0 spiro atoms. The first-order valence-electron chi connectivity index (χ1n) is 8.16. The van der Waals surface area contributed by atoms with E-state index in [1.165, 1.54) is 0 Å². The van der Waals surface area contributed by atoms with E-state index in [4.69, 9.17) is 20.9 Å². The standard InChI is InChI=1S/C12H25N3O3.C4H8.3H2/c13-6-3-11(16)15-8-10-18-12(17-9-7-14)4-1-2-5-12;1-3-4-2;;;/h1-10,13-14H2,(H,15,16);3-4H,1-2H3;3*1H. The Labute approximate surface area is 139 Å². The first kappa shape index (κ1) is 21.0. The van der Waals surface area contributed by atoms with Crippen LogP contribution in [0.5, 0.6) is 0 Å². The molecule has 1 aliphatic carbocycles. The van der Waals surface area contributed by atoms with E-state index >= 15 is 0 Å². The van der Waals surface area contributed by atoms with E-state index in [1.54, 1.807) is 0 Å². The van der Waals surface area contributed by atoms with Gasteiger partial charge >= 0.3 is 0 Å². The number of nitrogens with one attached hydrogen (secondary N) is 1. The number of ether oxygens (including phenoxy) is 2. The van der Waals surface area contributed by atoms with Crippen molar-refractivity contribution in [1.82, 2.24) is 5.32 Å². The zero-order valence-electron chi connectivity index (χ0n) is 14.1. The minimum absolute atomic E-state index is 0. The smallest absolute Gasteiger partial charge is 0.221 e. The minimum atomic E-state index is -0.474. The highest BCUT2D eigenvalue weighted by Gasteiger charge is 2.35. The molecular weight excluding hydrogens is 282 g/mol. The topological polar surface area (TPSA) is 99.6 Å². The van der Waals surface area contributed by atoms with Gasteiger partial charge in [-0.1, -0.05) is 12.2 Å². The molecule has 0 aliphatic heterocycles. The van der Waals surface area contributed by atoms with Crippen molar-refractivity contribution < 1.29 is 18.5 Å². The van der Waals surface area contributed by atoms with Gasteiger partial charge in [-0.15, -0.1) is 0 Å². The van der Waals surface area contributed by atoms with Gasteiger partial charge in [-0.05, 0) is 26.7 Å². The fraction of sp³-hybridized carbons (Fsp3) is 0.812. The Morgan fingerprint density at radius 1 is 1.14 bits per heavy atom. The summed E-state index contributed by atoms with van der Waals surface area (Å²) >= 11 is 0. The predicted molar refractivity (Wildman–Crippen MR) is 95.7 cm³/mol. The summed E-state index contributed by atoms with van der Waals surface area (Å²) in [5.74, 6) is -0.512. The zero-order valence-corrected chi connectivity index (χ0v) is 14.1. The summed E-state index contributed by atoms with van der Waals surface area (Å²) in [4.78, 5) is 11.2. The fourth-order valence-corrected chi connectivity index (χ4v) is 2.14. The number of rotatable bonds is 9. The van der Waals surface area contributed by atoms with Crippen molar-refractivity contribution in [1.29, 1.82) is 0 Å². The lowest BCUT2D eigenvalue weighted by Gasteiger charge is -2.29. The van der Waals surface area contributed by atoms with Crippen molar-refractivity contribution in [3.8, 4) is 0 Å². The van der Waals surface area contributed by atoms with Gasteiger partial charge in [0.05, 0.1) is 13.2 Å². The summed E-state index contributed by atoms with van der Waals surface area (Å²) in [6.45, 7) is 6.33. The average Bonchev–Trinajstić information content (AvgIpc) is 2.99. The molecule has 0 aromatic rings. The third-order valence-electron chi connectivity index (χ3n) is 3.34. The van der Waals surface area contributed by atoms with Crippen LogP contribution in [0.15, 0.2) is 12.2 Å². The molecule has 1 rings (SSSR count). The normalized spacial score (nSPS) is 16.4. The number of carbonyl (C=O) groups is 1. The number of amides is 1. The highest BCUT2D eigenvalue weighted by atomic mass is 16.7. The van der Waals surface area contributed by atoms with Crippen LogP contribution in [0, 0.1) is 0 Å².